The van der Waals surface area contributed by atoms with E-state index in [0.29, 0.717) is 5.56 Å². The van der Waals surface area contributed by atoms with E-state index in [0.717, 1.165) is 12.0 Å². The van der Waals surface area contributed by atoms with Crippen LogP contribution in [-0.4, -0.2) is 5.91 Å². The molecule has 0 unspecified atom stereocenters. The Hall–Kier alpha value is -1.00. The lowest BCUT2D eigenvalue weighted by molar-refractivity contribution is 0.0801. The van der Waals surface area contributed by atoms with Crippen molar-refractivity contribution in [2.24, 2.45) is 0 Å². The minimum Gasteiger partial charge on any atom is -0.267 e. The Morgan fingerprint density at radius 2 is 2.23 bits per heavy atom. The molecular weight excluding hydrogens is 186 g/mol. The molecule has 1 N–H and O–H groups in total. The fourth-order valence-electron chi connectivity index (χ4n) is 1.15. The van der Waals surface area contributed by atoms with E-state index in [1.165, 1.54) is 0 Å². The van der Waals surface area contributed by atoms with Gasteiger partial charge in [-0.2, -0.15) is 0 Å². The third-order valence-electron chi connectivity index (χ3n) is 1.78. The van der Waals surface area contributed by atoms with Crippen LogP contribution >= 0.6 is 12.9 Å². The minimum absolute atomic E-state index is 0.271. The van der Waals surface area contributed by atoms with Gasteiger partial charge in [0.15, 0.2) is 0 Å². The zero-order chi connectivity index (χ0) is 9.68. The predicted octanol–water partition coefficient (Wildman–Crippen LogP) is 1.76. The summed E-state index contributed by atoms with van der Waals surface area (Å²) in [5.74, 6) is -0.271. The molecule has 0 spiro atoms. The molecule has 3 nitrogen and oxygen atoms in total. The van der Waals surface area contributed by atoms with Crippen molar-refractivity contribution in [3.8, 4) is 0 Å². The number of hydrogen-bond donors (Lipinski definition) is 2. The summed E-state index contributed by atoms with van der Waals surface area (Å²) in [7, 11) is 0. The highest BCUT2D eigenvalue weighted by Crippen LogP contribution is 2.08. The number of hydrogen-bond acceptors (Lipinski definition) is 3. The van der Waals surface area contributed by atoms with Crippen molar-refractivity contribution in [2.45, 2.75) is 13.3 Å². The van der Waals surface area contributed by atoms with Gasteiger partial charge in [-0.3, -0.25) is 4.79 Å². The SMILES string of the molecule is CCc1ccccc1C(=O)NOS. The first-order valence-corrected chi connectivity index (χ1v) is 4.34. The maximum absolute atomic E-state index is 11.3. The van der Waals surface area contributed by atoms with Crippen LogP contribution in [0.15, 0.2) is 24.3 Å². The second-order valence-electron chi connectivity index (χ2n) is 2.53. The summed E-state index contributed by atoms with van der Waals surface area (Å²) in [5.41, 5.74) is 3.78. The van der Waals surface area contributed by atoms with Gasteiger partial charge in [-0.05, 0) is 18.1 Å². The fourth-order valence-corrected chi connectivity index (χ4v) is 1.23. The number of hydroxylamine groups is 1. The molecule has 4 heteroatoms. The first kappa shape index (κ1) is 10.1. The van der Waals surface area contributed by atoms with E-state index in [1.807, 2.05) is 25.1 Å². The number of rotatable bonds is 3. The average Bonchev–Trinajstić information content (AvgIpc) is 2.18. The maximum Gasteiger partial charge on any atom is 0.276 e. The van der Waals surface area contributed by atoms with E-state index in [-0.39, 0.29) is 5.91 Å². The lowest BCUT2D eigenvalue weighted by atomic mass is 10.1. The molecule has 0 aliphatic carbocycles. The van der Waals surface area contributed by atoms with Crippen LogP contribution in [0.4, 0.5) is 0 Å². The maximum atomic E-state index is 11.3. The van der Waals surface area contributed by atoms with Gasteiger partial charge in [0.1, 0.15) is 0 Å². The Bertz CT molecular complexity index is 301. The third-order valence-corrected chi connectivity index (χ3v) is 1.87. The minimum atomic E-state index is -0.271. The number of carbonyl (C=O) groups excluding carboxylic acids is 1. The monoisotopic (exact) mass is 197 g/mol. The molecule has 1 rings (SSSR count). The van der Waals surface area contributed by atoms with Crippen molar-refractivity contribution >= 4 is 18.8 Å². The van der Waals surface area contributed by atoms with Gasteiger partial charge in [0, 0.05) is 18.5 Å². The number of carbonyl (C=O) groups is 1. The van der Waals surface area contributed by atoms with Crippen molar-refractivity contribution in [1.29, 1.82) is 0 Å². The Morgan fingerprint density at radius 3 is 2.85 bits per heavy atom. The zero-order valence-electron chi connectivity index (χ0n) is 7.28. The van der Waals surface area contributed by atoms with Gasteiger partial charge >= 0.3 is 0 Å². The summed E-state index contributed by atoms with van der Waals surface area (Å²) in [6.45, 7) is 1.99. The van der Waals surface area contributed by atoms with Crippen molar-refractivity contribution in [1.82, 2.24) is 5.48 Å². The van der Waals surface area contributed by atoms with Gasteiger partial charge in [0.25, 0.3) is 5.91 Å². The molecule has 1 amide bonds. The first-order chi connectivity index (χ1) is 6.29. The van der Waals surface area contributed by atoms with E-state index in [9.17, 15) is 4.79 Å². The van der Waals surface area contributed by atoms with Crippen LogP contribution in [0.3, 0.4) is 0 Å². The van der Waals surface area contributed by atoms with E-state index >= 15 is 0 Å². The normalized spacial score (nSPS) is 9.69. The molecular formula is C9H11NO2S. The Kier molecular flexibility index (Phi) is 3.79. The molecule has 0 aromatic heterocycles. The quantitative estimate of drug-likeness (QED) is 0.440. The highest BCUT2D eigenvalue weighted by molar-refractivity contribution is 7.75. The molecule has 70 valence electrons. The Morgan fingerprint density at radius 1 is 1.54 bits per heavy atom. The molecule has 1 aromatic carbocycles. The molecule has 0 saturated heterocycles. The Labute approximate surface area is 82.7 Å². The number of benzene rings is 1. The molecule has 0 aliphatic heterocycles. The van der Waals surface area contributed by atoms with Crippen LogP contribution in [0, 0.1) is 0 Å². The molecule has 1 aromatic rings. The van der Waals surface area contributed by atoms with Gasteiger partial charge in [-0.15, -0.1) is 0 Å². The molecule has 0 radical (unpaired) electrons. The van der Waals surface area contributed by atoms with Gasteiger partial charge in [0.05, 0.1) is 0 Å². The van der Waals surface area contributed by atoms with Gasteiger partial charge in [-0.25, -0.2) is 9.76 Å². The third kappa shape index (κ3) is 2.47. The highest BCUT2D eigenvalue weighted by atomic mass is 32.1. The summed E-state index contributed by atoms with van der Waals surface area (Å²) in [5, 5.41) is 0. The topological polar surface area (TPSA) is 38.3 Å². The molecule has 0 fully saturated rings. The van der Waals surface area contributed by atoms with Gasteiger partial charge in [-0.1, -0.05) is 25.1 Å². The van der Waals surface area contributed by atoms with Gasteiger partial charge < -0.3 is 0 Å². The highest BCUT2D eigenvalue weighted by Gasteiger charge is 2.08. The van der Waals surface area contributed by atoms with Crippen molar-refractivity contribution < 1.29 is 9.08 Å². The molecule has 0 atom stereocenters. The lowest BCUT2D eigenvalue weighted by Gasteiger charge is -2.05. The summed E-state index contributed by atoms with van der Waals surface area (Å²) < 4.78 is 4.25. The second-order valence-corrected chi connectivity index (χ2v) is 2.72. The van der Waals surface area contributed by atoms with Crippen LogP contribution in [0.1, 0.15) is 22.8 Å². The van der Waals surface area contributed by atoms with Crippen LogP contribution in [0.2, 0.25) is 0 Å². The van der Waals surface area contributed by atoms with Crippen molar-refractivity contribution in [3.63, 3.8) is 0 Å². The van der Waals surface area contributed by atoms with Crippen molar-refractivity contribution in [3.05, 3.63) is 35.4 Å². The average molecular weight is 197 g/mol. The number of amides is 1. The van der Waals surface area contributed by atoms with Crippen LogP contribution in [0.5, 0.6) is 0 Å². The standard InChI is InChI=1S/C9H11NO2S/c1-2-7-5-3-4-6-8(7)9(11)10-12-13/h3-6,13H,2H2,1H3,(H,10,11). The molecule has 0 heterocycles. The summed E-state index contributed by atoms with van der Waals surface area (Å²) in [6.07, 6.45) is 0.816. The Balaban J connectivity index is 2.92. The van der Waals surface area contributed by atoms with E-state index in [4.69, 9.17) is 0 Å². The summed E-state index contributed by atoms with van der Waals surface area (Å²) in [6, 6.07) is 7.37. The van der Waals surface area contributed by atoms with Crippen LogP contribution in [0.25, 0.3) is 0 Å². The number of nitrogens with one attached hydrogen (secondary N) is 1. The van der Waals surface area contributed by atoms with E-state index < -0.39 is 0 Å². The largest absolute Gasteiger partial charge is 0.276 e. The summed E-state index contributed by atoms with van der Waals surface area (Å²) in [4.78, 5) is 11.3. The lowest BCUT2D eigenvalue weighted by Crippen LogP contribution is -2.21. The fraction of sp³-hybridized carbons (Fsp3) is 0.222. The molecule has 0 bridgehead atoms. The predicted molar refractivity (Wildman–Crippen MR) is 53.4 cm³/mol. The van der Waals surface area contributed by atoms with Crippen molar-refractivity contribution in [2.75, 3.05) is 0 Å². The molecule has 0 saturated carbocycles. The van der Waals surface area contributed by atoms with E-state index in [1.54, 1.807) is 6.07 Å². The zero-order valence-corrected chi connectivity index (χ0v) is 8.17. The van der Waals surface area contributed by atoms with E-state index in [2.05, 4.69) is 22.7 Å². The molecule has 13 heavy (non-hydrogen) atoms. The first-order valence-electron chi connectivity index (χ1n) is 3.98. The van der Waals surface area contributed by atoms with Crippen LogP contribution in [-0.2, 0) is 10.7 Å². The van der Waals surface area contributed by atoms with Gasteiger partial charge in [0.2, 0.25) is 0 Å². The second kappa shape index (κ2) is 4.89. The number of thiol groups is 1. The number of aryl methyl sites for hydroxylation is 1. The van der Waals surface area contributed by atoms with Crippen LogP contribution < -0.4 is 5.48 Å². The smallest absolute Gasteiger partial charge is 0.267 e. The molecule has 0 aliphatic rings. The summed E-state index contributed by atoms with van der Waals surface area (Å²) >= 11 is 3.44.